The number of hydrogen-bond acceptors (Lipinski definition) is 0. The molecule has 0 N–H and O–H groups in total. The van der Waals surface area contributed by atoms with Crippen LogP contribution in [0.5, 0.6) is 0 Å². The molecule has 0 heterocycles. The van der Waals surface area contributed by atoms with Gasteiger partial charge in [-0.2, -0.15) is 0 Å². The highest BCUT2D eigenvalue weighted by molar-refractivity contribution is 7.95. The van der Waals surface area contributed by atoms with Gasteiger partial charge < -0.3 is 0 Å². The summed E-state index contributed by atoms with van der Waals surface area (Å²) in [7, 11) is -2.82. The Kier molecular flexibility index (Phi) is 7.46. The minimum atomic E-state index is -1.41. The van der Waals surface area contributed by atoms with Crippen LogP contribution in [0.4, 0.5) is 0 Å². The van der Waals surface area contributed by atoms with Crippen molar-refractivity contribution >= 4 is 14.5 Å². The Morgan fingerprint density at radius 1 is 0.296 bits per heavy atom. The standard InChI is InChI=1S/C25H56P2/c1-20(2,3)26(21(4,5)6,22(7,8)9)19-27(23(10,11)12,24(13,14)15)25(16,17)18/h19H2,1-18H3/q+2. The van der Waals surface area contributed by atoms with Crippen molar-refractivity contribution in [2.24, 2.45) is 0 Å². The average Bonchev–Trinajstić information content (AvgIpc) is 2.16. The van der Waals surface area contributed by atoms with E-state index in [-0.39, 0.29) is 0 Å². The Morgan fingerprint density at radius 3 is 0.481 bits per heavy atom. The lowest BCUT2D eigenvalue weighted by molar-refractivity contribution is 0.602. The lowest BCUT2D eigenvalue weighted by Gasteiger charge is -2.61. The van der Waals surface area contributed by atoms with Gasteiger partial charge >= 0.3 is 0 Å². The van der Waals surface area contributed by atoms with Crippen LogP contribution in [0.15, 0.2) is 0 Å². The normalized spacial score (nSPS) is 16.7. The average molecular weight is 419 g/mol. The zero-order chi connectivity index (χ0) is 22.7. The maximum atomic E-state index is 2.56. The molecule has 0 aliphatic heterocycles. The molecule has 0 bridgehead atoms. The molecule has 0 aliphatic rings. The highest BCUT2D eigenvalue weighted by atomic mass is 31.2. The third kappa shape index (κ3) is 4.48. The Balaban J connectivity index is 7.45. The summed E-state index contributed by atoms with van der Waals surface area (Å²) in [6.07, 6.45) is 0. The second kappa shape index (κ2) is 7.23. The first-order chi connectivity index (χ1) is 11.2. The fourth-order valence-corrected chi connectivity index (χ4v) is 32.4. The second-order valence-corrected chi connectivity index (χ2v) is 27.2. The fourth-order valence-electron chi connectivity index (χ4n) is 7.63. The second-order valence-electron chi connectivity index (χ2n) is 14.8. The van der Waals surface area contributed by atoms with Gasteiger partial charge in [-0.15, -0.1) is 0 Å². The van der Waals surface area contributed by atoms with E-state index in [9.17, 15) is 0 Å². The van der Waals surface area contributed by atoms with E-state index in [1.165, 1.54) is 5.90 Å². The quantitative estimate of drug-likeness (QED) is 0.391. The molecule has 0 saturated heterocycles. The molecule has 0 spiro atoms. The van der Waals surface area contributed by atoms with Crippen LogP contribution in [0, 0.1) is 0 Å². The predicted octanol–water partition coefficient (Wildman–Crippen LogP) is 9.77. The Bertz CT molecular complexity index is 379. The molecule has 0 aromatic carbocycles. The highest BCUT2D eigenvalue weighted by Gasteiger charge is 2.76. The van der Waals surface area contributed by atoms with E-state index in [0.29, 0.717) is 30.9 Å². The van der Waals surface area contributed by atoms with Crippen molar-refractivity contribution in [2.75, 3.05) is 5.90 Å². The molecule has 2 heteroatoms. The first-order valence-electron chi connectivity index (χ1n) is 11.0. The van der Waals surface area contributed by atoms with Crippen molar-refractivity contribution in [1.82, 2.24) is 0 Å². The molecule has 0 aromatic heterocycles. The summed E-state index contributed by atoms with van der Waals surface area (Å²) in [5, 5.41) is 1.98. The van der Waals surface area contributed by atoms with Crippen molar-refractivity contribution in [3.8, 4) is 0 Å². The van der Waals surface area contributed by atoms with Crippen molar-refractivity contribution in [1.29, 1.82) is 0 Å². The molecule has 0 amide bonds. The Hall–Kier alpha value is 0.860. The summed E-state index contributed by atoms with van der Waals surface area (Å²) < 4.78 is 0. The van der Waals surface area contributed by atoms with Gasteiger partial charge in [0.05, 0.1) is 45.5 Å². The summed E-state index contributed by atoms with van der Waals surface area (Å²) in [6, 6.07) is 0. The van der Waals surface area contributed by atoms with Gasteiger partial charge in [-0.25, -0.2) is 0 Å². The van der Waals surface area contributed by atoms with Crippen LogP contribution in [0.25, 0.3) is 0 Å². The number of rotatable bonds is 2. The van der Waals surface area contributed by atoms with Gasteiger partial charge in [0, 0.05) is 0 Å². The monoisotopic (exact) mass is 418 g/mol. The zero-order valence-electron chi connectivity index (χ0n) is 22.6. The molecule has 0 atom stereocenters. The zero-order valence-corrected chi connectivity index (χ0v) is 24.4. The van der Waals surface area contributed by atoms with Crippen LogP contribution >= 0.6 is 14.5 Å². The molecule has 164 valence electrons. The van der Waals surface area contributed by atoms with Gasteiger partial charge in [0.1, 0.15) is 0 Å². The summed E-state index contributed by atoms with van der Waals surface area (Å²) in [5.74, 6) is 1.45. The van der Waals surface area contributed by atoms with E-state index in [4.69, 9.17) is 0 Å². The van der Waals surface area contributed by atoms with Gasteiger partial charge in [0.25, 0.3) is 0 Å². The first kappa shape index (κ1) is 27.9. The van der Waals surface area contributed by atoms with Crippen molar-refractivity contribution in [2.45, 2.75) is 156 Å². The van der Waals surface area contributed by atoms with E-state index < -0.39 is 14.5 Å². The SMILES string of the molecule is CC(C)(C)[P+](C[P+](C(C)(C)C)(C(C)(C)C)C(C)(C)C)(C(C)(C)C)C(C)(C)C. The van der Waals surface area contributed by atoms with Gasteiger partial charge in [-0.05, 0) is 125 Å². The minimum Gasteiger partial charge on any atom is -0.0258 e. The molecule has 0 nitrogen and oxygen atoms in total. The molecule has 0 aromatic rings. The van der Waals surface area contributed by atoms with Crippen molar-refractivity contribution in [3.63, 3.8) is 0 Å². The minimum absolute atomic E-state index is 0.330. The van der Waals surface area contributed by atoms with E-state index in [0.717, 1.165) is 0 Å². The van der Waals surface area contributed by atoms with Gasteiger partial charge in [-0.1, -0.05) is 0 Å². The molecule has 0 saturated carbocycles. The molecular weight excluding hydrogens is 362 g/mol. The molecule has 0 radical (unpaired) electrons. The largest absolute Gasteiger partial charge is 0.163 e. The summed E-state index contributed by atoms with van der Waals surface area (Å²) >= 11 is 0. The van der Waals surface area contributed by atoms with Crippen LogP contribution in [0.3, 0.4) is 0 Å². The fraction of sp³-hybridized carbons (Fsp3) is 1.00. The lowest BCUT2D eigenvalue weighted by atomic mass is 10.2. The van der Waals surface area contributed by atoms with E-state index in [1.807, 2.05) is 0 Å². The maximum Gasteiger partial charge on any atom is 0.163 e. The molecule has 0 fully saturated rings. The molecule has 0 unspecified atom stereocenters. The smallest absolute Gasteiger partial charge is 0.0258 e. The number of hydrogen-bond donors (Lipinski definition) is 0. The van der Waals surface area contributed by atoms with Crippen LogP contribution < -0.4 is 0 Å². The molecule has 27 heavy (non-hydrogen) atoms. The van der Waals surface area contributed by atoms with Gasteiger partial charge in [-0.3, -0.25) is 0 Å². The van der Waals surface area contributed by atoms with E-state index in [1.54, 1.807) is 0 Å². The summed E-state index contributed by atoms with van der Waals surface area (Å²) in [4.78, 5) is 0. The molecule has 0 rings (SSSR count). The third-order valence-electron chi connectivity index (χ3n) is 7.30. The van der Waals surface area contributed by atoms with Crippen LogP contribution in [-0.2, 0) is 0 Å². The molecular formula is C25H56P2+2. The summed E-state index contributed by atoms with van der Waals surface area (Å²) in [6.45, 7) is 46.0. The lowest BCUT2D eigenvalue weighted by Crippen LogP contribution is -2.52. The van der Waals surface area contributed by atoms with E-state index >= 15 is 0 Å². The third-order valence-corrected chi connectivity index (χ3v) is 24.4. The molecule has 0 aliphatic carbocycles. The Morgan fingerprint density at radius 2 is 0.407 bits per heavy atom. The van der Waals surface area contributed by atoms with Crippen LogP contribution in [0.2, 0.25) is 0 Å². The Labute approximate surface area is 176 Å². The van der Waals surface area contributed by atoms with Gasteiger partial charge in [0.2, 0.25) is 0 Å². The van der Waals surface area contributed by atoms with Crippen LogP contribution in [0.1, 0.15) is 125 Å². The maximum absolute atomic E-state index is 2.56. The summed E-state index contributed by atoms with van der Waals surface area (Å²) in [5.41, 5.74) is 0. The highest BCUT2D eigenvalue weighted by Crippen LogP contribution is 2.96. The van der Waals surface area contributed by atoms with Gasteiger partial charge in [0.15, 0.2) is 5.90 Å². The topological polar surface area (TPSA) is 0 Å². The van der Waals surface area contributed by atoms with E-state index in [2.05, 4.69) is 125 Å². The predicted molar refractivity (Wildman–Crippen MR) is 137 cm³/mol. The first-order valence-corrected chi connectivity index (χ1v) is 14.9. The van der Waals surface area contributed by atoms with Crippen molar-refractivity contribution in [3.05, 3.63) is 0 Å². The van der Waals surface area contributed by atoms with Crippen molar-refractivity contribution < 1.29 is 0 Å². The van der Waals surface area contributed by atoms with Crippen LogP contribution in [-0.4, -0.2) is 36.8 Å².